The molecule has 0 saturated heterocycles. The van der Waals surface area contributed by atoms with E-state index in [1.54, 1.807) is 32.4 Å². The first-order valence-corrected chi connectivity index (χ1v) is 9.14. The molecule has 0 aliphatic heterocycles. The summed E-state index contributed by atoms with van der Waals surface area (Å²) in [7, 11) is 4.89. The van der Waals surface area contributed by atoms with Crippen molar-refractivity contribution in [1.82, 2.24) is 0 Å². The highest BCUT2D eigenvalue weighted by atomic mass is 35.7. The zero-order valence-corrected chi connectivity index (χ0v) is 14.0. The van der Waals surface area contributed by atoms with E-state index in [-0.39, 0.29) is 18.3 Å². The molecule has 0 N–H and O–H groups in total. The number of benzene rings is 1. The van der Waals surface area contributed by atoms with Gasteiger partial charge in [0, 0.05) is 34.8 Å². The number of rotatable bonds is 9. The summed E-state index contributed by atoms with van der Waals surface area (Å²) in [6, 6.07) is 5.18. The molecular formula is C14H21ClO5S. The highest BCUT2D eigenvalue weighted by Gasteiger charge is 2.17. The second-order valence-corrected chi connectivity index (χ2v) is 7.54. The van der Waals surface area contributed by atoms with Gasteiger partial charge in [-0.25, -0.2) is 8.42 Å². The quantitative estimate of drug-likeness (QED) is 0.648. The summed E-state index contributed by atoms with van der Waals surface area (Å²) in [5.74, 6) is 1.56. The molecule has 1 aromatic rings. The molecule has 7 heteroatoms. The predicted molar refractivity (Wildman–Crippen MR) is 83.1 cm³/mol. The summed E-state index contributed by atoms with van der Waals surface area (Å²) in [4.78, 5) is 0. The molecule has 0 aliphatic rings. The van der Waals surface area contributed by atoms with Crippen LogP contribution in [0.4, 0.5) is 0 Å². The summed E-state index contributed by atoms with van der Waals surface area (Å²) in [6.45, 7) is 2.26. The van der Waals surface area contributed by atoms with Crippen LogP contribution in [-0.4, -0.2) is 35.0 Å². The second-order valence-electron chi connectivity index (χ2n) is 4.72. The van der Waals surface area contributed by atoms with Crippen LogP contribution in [0.5, 0.6) is 17.2 Å². The molecule has 21 heavy (non-hydrogen) atoms. The van der Waals surface area contributed by atoms with E-state index in [1.807, 2.05) is 6.92 Å². The Balaban J connectivity index is 2.74. The lowest BCUT2D eigenvalue weighted by atomic mass is 10.1. The minimum Gasteiger partial charge on any atom is -0.496 e. The van der Waals surface area contributed by atoms with Crippen molar-refractivity contribution < 1.29 is 22.6 Å². The van der Waals surface area contributed by atoms with Gasteiger partial charge in [-0.15, -0.1) is 0 Å². The van der Waals surface area contributed by atoms with Crippen LogP contribution in [0.15, 0.2) is 18.2 Å². The average molecular weight is 337 g/mol. The third-order valence-corrected chi connectivity index (χ3v) is 4.19. The molecule has 0 heterocycles. The maximum absolute atomic E-state index is 11.2. The molecule has 0 bridgehead atoms. The molecule has 1 aromatic carbocycles. The fourth-order valence-corrected chi connectivity index (χ4v) is 3.34. The summed E-state index contributed by atoms with van der Waals surface area (Å²) in [5, 5.41) is 0. The van der Waals surface area contributed by atoms with E-state index in [0.29, 0.717) is 17.2 Å². The molecule has 1 unspecified atom stereocenters. The standard InChI is InChI=1S/C14H21ClO5S/c1-4-5-11(10-21(15,16)17)9-20-14-7-12(18-2)6-13(8-14)19-3/h6-8,11H,4-5,9-10H2,1-3H3. The van der Waals surface area contributed by atoms with E-state index in [0.717, 1.165) is 12.8 Å². The Morgan fingerprint density at radius 2 is 1.62 bits per heavy atom. The molecule has 0 aromatic heterocycles. The average Bonchev–Trinajstić information content (AvgIpc) is 2.43. The van der Waals surface area contributed by atoms with Gasteiger partial charge in [-0.2, -0.15) is 0 Å². The summed E-state index contributed by atoms with van der Waals surface area (Å²) in [5.41, 5.74) is 0. The van der Waals surface area contributed by atoms with Crippen LogP contribution in [-0.2, 0) is 9.05 Å². The molecule has 1 atom stereocenters. The maximum atomic E-state index is 11.2. The third kappa shape index (κ3) is 6.91. The van der Waals surface area contributed by atoms with Gasteiger partial charge in [0.15, 0.2) is 0 Å². The molecule has 0 spiro atoms. The minimum atomic E-state index is -3.53. The van der Waals surface area contributed by atoms with Gasteiger partial charge in [-0.3, -0.25) is 0 Å². The third-order valence-electron chi connectivity index (χ3n) is 2.94. The Morgan fingerprint density at radius 3 is 2.05 bits per heavy atom. The minimum absolute atomic E-state index is 0.0938. The highest BCUT2D eigenvalue weighted by Crippen LogP contribution is 2.28. The molecule has 0 fully saturated rings. The number of hydrogen-bond acceptors (Lipinski definition) is 5. The number of hydrogen-bond donors (Lipinski definition) is 0. The molecule has 0 saturated carbocycles. The van der Waals surface area contributed by atoms with Crippen LogP contribution >= 0.6 is 10.7 Å². The molecule has 0 radical (unpaired) electrons. The van der Waals surface area contributed by atoms with Crippen molar-refractivity contribution in [2.45, 2.75) is 19.8 Å². The summed E-state index contributed by atoms with van der Waals surface area (Å²) in [6.07, 6.45) is 1.59. The van der Waals surface area contributed by atoms with E-state index in [4.69, 9.17) is 24.9 Å². The van der Waals surface area contributed by atoms with Crippen LogP contribution in [0.1, 0.15) is 19.8 Å². The Labute approximate surface area is 130 Å². The molecular weight excluding hydrogens is 316 g/mol. The zero-order chi connectivity index (χ0) is 15.9. The molecule has 5 nitrogen and oxygen atoms in total. The van der Waals surface area contributed by atoms with Crippen molar-refractivity contribution >= 4 is 19.7 Å². The van der Waals surface area contributed by atoms with Crippen LogP contribution in [0.2, 0.25) is 0 Å². The fraction of sp³-hybridized carbons (Fsp3) is 0.571. The van der Waals surface area contributed by atoms with Gasteiger partial charge in [0.25, 0.3) is 0 Å². The van der Waals surface area contributed by atoms with E-state index in [1.165, 1.54) is 0 Å². The van der Waals surface area contributed by atoms with Crippen LogP contribution in [0.25, 0.3) is 0 Å². The first kappa shape index (κ1) is 17.9. The first-order chi connectivity index (χ1) is 9.87. The Hall–Kier alpha value is -1.14. The topological polar surface area (TPSA) is 61.8 Å². The zero-order valence-electron chi connectivity index (χ0n) is 12.5. The summed E-state index contributed by atoms with van der Waals surface area (Å²) < 4.78 is 38.4. The smallest absolute Gasteiger partial charge is 0.232 e. The normalized spacial score (nSPS) is 12.8. The van der Waals surface area contributed by atoms with Gasteiger partial charge in [-0.05, 0) is 6.42 Å². The molecule has 120 valence electrons. The van der Waals surface area contributed by atoms with Crippen molar-refractivity contribution in [3.63, 3.8) is 0 Å². The SMILES string of the molecule is CCCC(COc1cc(OC)cc(OC)c1)CS(=O)(=O)Cl. The van der Waals surface area contributed by atoms with Gasteiger partial charge >= 0.3 is 0 Å². The van der Waals surface area contributed by atoms with E-state index >= 15 is 0 Å². The maximum Gasteiger partial charge on any atom is 0.232 e. The van der Waals surface area contributed by atoms with Crippen molar-refractivity contribution in [3.05, 3.63) is 18.2 Å². The van der Waals surface area contributed by atoms with Gasteiger partial charge in [0.1, 0.15) is 17.2 Å². The van der Waals surface area contributed by atoms with Crippen molar-refractivity contribution in [3.8, 4) is 17.2 Å². The summed E-state index contributed by atoms with van der Waals surface area (Å²) >= 11 is 0. The Morgan fingerprint density at radius 1 is 1.10 bits per heavy atom. The Kier molecular flexibility index (Phi) is 7.11. The van der Waals surface area contributed by atoms with Crippen LogP contribution in [0.3, 0.4) is 0 Å². The van der Waals surface area contributed by atoms with Gasteiger partial charge in [0.2, 0.25) is 9.05 Å². The second kappa shape index (κ2) is 8.34. The lowest BCUT2D eigenvalue weighted by Crippen LogP contribution is -2.19. The Bertz CT molecular complexity index is 522. The van der Waals surface area contributed by atoms with Crippen LogP contribution in [0, 0.1) is 5.92 Å². The number of ether oxygens (including phenoxy) is 3. The van der Waals surface area contributed by atoms with Crippen molar-refractivity contribution in [2.75, 3.05) is 26.6 Å². The lowest BCUT2D eigenvalue weighted by molar-refractivity contribution is 0.250. The van der Waals surface area contributed by atoms with Gasteiger partial charge < -0.3 is 14.2 Å². The van der Waals surface area contributed by atoms with E-state index in [9.17, 15) is 8.42 Å². The van der Waals surface area contributed by atoms with Crippen molar-refractivity contribution in [1.29, 1.82) is 0 Å². The lowest BCUT2D eigenvalue weighted by Gasteiger charge is -2.16. The highest BCUT2D eigenvalue weighted by molar-refractivity contribution is 8.13. The molecule has 0 aliphatic carbocycles. The predicted octanol–water partition coefficient (Wildman–Crippen LogP) is 3.07. The number of halogens is 1. The monoisotopic (exact) mass is 336 g/mol. The van der Waals surface area contributed by atoms with E-state index < -0.39 is 9.05 Å². The largest absolute Gasteiger partial charge is 0.496 e. The van der Waals surface area contributed by atoms with Crippen LogP contribution < -0.4 is 14.2 Å². The van der Waals surface area contributed by atoms with Gasteiger partial charge in [0.05, 0.1) is 26.6 Å². The number of methoxy groups -OCH3 is 2. The molecule has 1 rings (SSSR count). The van der Waals surface area contributed by atoms with Gasteiger partial charge in [-0.1, -0.05) is 13.3 Å². The van der Waals surface area contributed by atoms with E-state index in [2.05, 4.69) is 0 Å². The molecule has 0 amide bonds. The fourth-order valence-electron chi connectivity index (χ4n) is 1.98. The first-order valence-electron chi connectivity index (χ1n) is 6.66. The van der Waals surface area contributed by atoms with Crippen molar-refractivity contribution in [2.24, 2.45) is 5.92 Å².